The van der Waals surface area contributed by atoms with Gasteiger partial charge in [0.25, 0.3) is 0 Å². The Bertz CT molecular complexity index is 621. The van der Waals surface area contributed by atoms with Gasteiger partial charge in [-0.3, -0.25) is 0 Å². The lowest BCUT2D eigenvalue weighted by Gasteiger charge is -2.41. The smallest absolute Gasteiger partial charge is 0.0568 e. The lowest BCUT2D eigenvalue weighted by atomic mass is 9.64. The van der Waals surface area contributed by atoms with Crippen LogP contribution in [0.5, 0.6) is 0 Å². The van der Waals surface area contributed by atoms with Gasteiger partial charge in [-0.15, -0.1) is 0 Å². The molecule has 0 aliphatic heterocycles. The lowest BCUT2D eigenvalue weighted by molar-refractivity contribution is 0.173. The van der Waals surface area contributed by atoms with Gasteiger partial charge in [0, 0.05) is 6.54 Å². The summed E-state index contributed by atoms with van der Waals surface area (Å²) in [6.07, 6.45) is 15.6. The minimum absolute atomic E-state index is 0.120. The van der Waals surface area contributed by atoms with Gasteiger partial charge < -0.3 is 11.1 Å². The topological polar surface area (TPSA) is 38.0 Å². The molecule has 2 heteroatoms. The van der Waals surface area contributed by atoms with Crippen molar-refractivity contribution in [2.75, 3.05) is 6.54 Å². The van der Waals surface area contributed by atoms with Crippen LogP contribution in [0.25, 0.3) is 0 Å². The molecular formula is C26H46N2. The maximum atomic E-state index is 6.39. The van der Waals surface area contributed by atoms with Crippen LogP contribution in [0.4, 0.5) is 0 Å². The minimum Gasteiger partial charge on any atom is -0.397 e. The van der Waals surface area contributed by atoms with E-state index in [1.165, 1.54) is 55.2 Å². The van der Waals surface area contributed by atoms with E-state index in [1.54, 1.807) is 0 Å². The molecule has 1 rings (SSSR count). The van der Waals surface area contributed by atoms with E-state index in [0.29, 0.717) is 0 Å². The SMILES string of the molecule is CCCCCCC/C=C(\CNC1=C(C)CC=C(C)C=C1N)C(C)(C)C(C)(C)C. The number of nitrogens with one attached hydrogen (secondary N) is 1. The molecule has 0 atom stereocenters. The molecule has 0 bridgehead atoms. The maximum absolute atomic E-state index is 6.39. The maximum Gasteiger partial charge on any atom is 0.0568 e. The zero-order valence-corrected chi connectivity index (χ0v) is 20.0. The zero-order valence-electron chi connectivity index (χ0n) is 20.0. The van der Waals surface area contributed by atoms with Crippen LogP contribution < -0.4 is 11.1 Å². The van der Waals surface area contributed by atoms with Gasteiger partial charge in [-0.1, -0.05) is 85.0 Å². The van der Waals surface area contributed by atoms with E-state index in [2.05, 4.69) is 78.9 Å². The second-order valence-electron chi connectivity index (χ2n) is 10.1. The molecule has 0 radical (unpaired) electrons. The van der Waals surface area contributed by atoms with E-state index in [9.17, 15) is 0 Å². The van der Waals surface area contributed by atoms with Crippen LogP contribution in [0, 0.1) is 10.8 Å². The number of allylic oxidation sites excluding steroid dienone is 5. The first-order valence-corrected chi connectivity index (χ1v) is 11.3. The quantitative estimate of drug-likeness (QED) is 0.303. The van der Waals surface area contributed by atoms with Gasteiger partial charge in [-0.2, -0.15) is 0 Å². The van der Waals surface area contributed by atoms with Crippen LogP contribution in [0.1, 0.15) is 100 Å². The molecule has 0 saturated carbocycles. The van der Waals surface area contributed by atoms with Gasteiger partial charge in [0.15, 0.2) is 0 Å². The van der Waals surface area contributed by atoms with Crippen LogP contribution in [0.3, 0.4) is 0 Å². The van der Waals surface area contributed by atoms with E-state index < -0.39 is 0 Å². The Kier molecular flexibility index (Phi) is 9.60. The lowest BCUT2D eigenvalue weighted by Crippen LogP contribution is -2.36. The summed E-state index contributed by atoms with van der Waals surface area (Å²) in [6, 6.07) is 0. The molecule has 1 aliphatic carbocycles. The second-order valence-corrected chi connectivity index (χ2v) is 10.1. The monoisotopic (exact) mass is 386 g/mol. The third-order valence-electron chi connectivity index (χ3n) is 6.66. The predicted molar refractivity (Wildman–Crippen MR) is 126 cm³/mol. The van der Waals surface area contributed by atoms with Crippen LogP contribution in [0.15, 0.2) is 46.3 Å². The average molecular weight is 387 g/mol. The molecule has 0 spiro atoms. The fourth-order valence-electron chi connectivity index (χ4n) is 3.53. The Morgan fingerprint density at radius 3 is 2.32 bits per heavy atom. The third kappa shape index (κ3) is 7.18. The fourth-order valence-corrected chi connectivity index (χ4v) is 3.53. The van der Waals surface area contributed by atoms with Crippen LogP contribution in [-0.2, 0) is 0 Å². The summed E-state index contributed by atoms with van der Waals surface area (Å²) in [4.78, 5) is 0. The van der Waals surface area contributed by atoms with Crippen LogP contribution in [-0.4, -0.2) is 6.54 Å². The standard InChI is InChI=1S/C26H46N2/c1-9-10-11-12-13-14-15-22(26(7,8)25(4,5)6)19-28-24-21(3)17-16-20(2)18-23(24)27/h15-16,18,28H,9-14,17,19,27H2,1-8H3/b22-15+. The van der Waals surface area contributed by atoms with Gasteiger partial charge in [0.2, 0.25) is 0 Å². The van der Waals surface area contributed by atoms with Crippen molar-refractivity contribution in [3.05, 3.63) is 46.3 Å². The van der Waals surface area contributed by atoms with E-state index >= 15 is 0 Å². The first-order valence-electron chi connectivity index (χ1n) is 11.3. The van der Waals surface area contributed by atoms with Crippen molar-refractivity contribution in [3.63, 3.8) is 0 Å². The summed E-state index contributed by atoms with van der Waals surface area (Å²) < 4.78 is 0. The Hall–Kier alpha value is -1.44. The molecule has 0 unspecified atom stereocenters. The van der Waals surface area contributed by atoms with Gasteiger partial charge in [-0.25, -0.2) is 0 Å². The summed E-state index contributed by atoms with van der Waals surface area (Å²) >= 11 is 0. The summed E-state index contributed by atoms with van der Waals surface area (Å²) in [7, 11) is 0. The third-order valence-corrected chi connectivity index (χ3v) is 6.66. The molecule has 0 aromatic heterocycles. The number of hydrogen-bond donors (Lipinski definition) is 2. The van der Waals surface area contributed by atoms with Crippen molar-refractivity contribution in [1.82, 2.24) is 5.32 Å². The molecule has 3 N–H and O–H groups in total. The molecule has 1 aliphatic rings. The number of rotatable bonds is 10. The highest BCUT2D eigenvalue weighted by molar-refractivity contribution is 5.40. The van der Waals surface area contributed by atoms with Crippen LogP contribution in [0.2, 0.25) is 0 Å². The predicted octanol–water partition coefficient (Wildman–Crippen LogP) is 7.40. The van der Waals surface area contributed by atoms with Crippen molar-refractivity contribution in [2.45, 2.75) is 100 Å². The first kappa shape index (κ1) is 24.6. The van der Waals surface area contributed by atoms with Crippen molar-refractivity contribution >= 4 is 0 Å². The van der Waals surface area contributed by atoms with Crippen molar-refractivity contribution in [2.24, 2.45) is 16.6 Å². The summed E-state index contributed by atoms with van der Waals surface area (Å²) in [6.45, 7) is 19.3. The minimum atomic E-state index is 0.120. The number of hydrogen-bond acceptors (Lipinski definition) is 2. The molecule has 0 aromatic rings. The van der Waals surface area contributed by atoms with E-state index in [-0.39, 0.29) is 10.8 Å². The summed E-state index contributed by atoms with van der Waals surface area (Å²) in [5.41, 5.74) is 12.7. The van der Waals surface area contributed by atoms with Gasteiger partial charge in [-0.05, 0) is 61.2 Å². The van der Waals surface area contributed by atoms with E-state index in [0.717, 1.165) is 24.4 Å². The van der Waals surface area contributed by atoms with Crippen molar-refractivity contribution in [3.8, 4) is 0 Å². The fraction of sp³-hybridized carbons (Fsp3) is 0.692. The largest absolute Gasteiger partial charge is 0.397 e. The van der Waals surface area contributed by atoms with Gasteiger partial charge in [0.05, 0.1) is 11.4 Å². The highest BCUT2D eigenvalue weighted by atomic mass is 14.9. The Morgan fingerprint density at radius 1 is 1.07 bits per heavy atom. The molecule has 0 heterocycles. The van der Waals surface area contributed by atoms with Crippen molar-refractivity contribution < 1.29 is 0 Å². The first-order chi connectivity index (χ1) is 13.0. The summed E-state index contributed by atoms with van der Waals surface area (Å²) in [5.74, 6) is 0. The number of unbranched alkanes of at least 4 members (excludes halogenated alkanes) is 5. The molecular weight excluding hydrogens is 340 g/mol. The normalized spacial score (nSPS) is 16.6. The highest BCUT2D eigenvalue weighted by Crippen LogP contribution is 2.44. The second kappa shape index (κ2) is 10.9. The summed E-state index contributed by atoms with van der Waals surface area (Å²) in [5, 5.41) is 3.71. The van der Waals surface area contributed by atoms with Gasteiger partial charge >= 0.3 is 0 Å². The molecule has 0 saturated heterocycles. The highest BCUT2D eigenvalue weighted by Gasteiger charge is 2.35. The number of nitrogens with two attached hydrogens (primary N) is 1. The molecule has 2 nitrogen and oxygen atoms in total. The van der Waals surface area contributed by atoms with Crippen molar-refractivity contribution in [1.29, 1.82) is 0 Å². The van der Waals surface area contributed by atoms with Gasteiger partial charge in [0.1, 0.15) is 0 Å². The van der Waals surface area contributed by atoms with E-state index in [4.69, 9.17) is 5.73 Å². The van der Waals surface area contributed by atoms with Crippen LogP contribution >= 0.6 is 0 Å². The van der Waals surface area contributed by atoms with E-state index in [1.807, 2.05) is 0 Å². The zero-order chi connectivity index (χ0) is 21.4. The Morgan fingerprint density at radius 2 is 1.71 bits per heavy atom. The molecule has 0 amide bonds. The molecule has 0 fully saturated rings. The average Bonchev–Trinajstić information content (AvgIpc) is 2.71. The molecule has 28 heavy (non-hydrogen) atoms. The Labute approximate surface area is 175 Å². The Balaban J connectivity index is 2.93. The molecule has 160 valence electrons. The molecule has 0 aromatic carbocycles.